The number of rotatable bonds is 2. The lowest BCUT2D eigenvalue weighted by atomic mass is 9.44. The molecule has 0 spiro atoms. The van der Waals surface area contributed by atoms with E-state index in [1.807, 2.05) is 12.4 Å². The molecule has 5 aliphatic rings. The summed E-state index contributed by atoms with van der Waals surface area (Å²) in [5.74, 6) is 2.99. The monoisotopic (exact) mass is 409 g/mol. The second-order valence-corrected chi connectivity index (χ2v) is 11.4. The number of ether oxygens (including phenoxy) is 2. The summed E-state index contributed by atoms with van der Waals surface area (Å²) in [6.45, 7) is 6.66. The molecule has 5 fully saturated rings. The summed E-state index contributed by atoms with van der Waals surface area (Å²) in [4.78, 5) is 15.9. The number of hydrogen-bond donors (Lipinski definition) is 0. The van der Waals surface area contributed by atoms with Crippen molar-refractivity contribution >= 4 is 5.97 Å². The maximum absolute atomic E-state index is 11.5. The highest BCUT2D eigenvalue weighted by atomic mass is 16.6. The molecule has 0 bridgehead atoms. The van der Waals surface area contributed by atoms with Crippen molar-refractivity contribution in [3.8, 4) is 0 Å². The average molecular weight is 410 g/mol. The number of aromatic nitrogens is 1. The lowest BCUT2D eigenvalue weighted by molar-refractivity contribution is -0.163. The van der Waals surface area contributed by atoms with Gasteiger partial charge in [0.15, 0.2) is 0 Å². The summed E-state index contributed by atoms with van der Waals surface area (Å²) in [6, 6.07) is 4.31. The third kappa shape index (κ3) is 2.37. The number of pyridine rings is 1. The standard InChI is InChI=1S/C26H35NO3/c1-16(28)29-19-8-10-24(2)17(13-19)6-7-20-21(24)9-11-25(3)22(20)14-23-26(25,30-23)18-5-4-12-27-15-18/h4-5,12,15,17,19-23H,6-11,13-14H2,1-3H3/t17-,19-,20+,21-,22-,23+,24-,25-,26+/m0/s1. The Labute approximate surface area is 180 Å². The van der Waals surface area contributed by atoms with E-state index in [0.29, 0.717) is 17.4 Å². The van der Waals surface area contributed by atoms with Crippen molar-refractivity contribution in [2.24, 2.45) is 34.5 Å². The second-order valence-electron chi connectivity index (χ2n) is 11.4. The van der Waals surface area contributed by atoms with Crippen molar-refractivity contribution in [1.82, 2.24) is 4.98 Å². The highest BCUT2D eigenvalue weighted by Crippen LogP contribution is 2.76. The number of hydrogen-bond acceptors (Lipinski definition) is 4. The molecule has 1 aromatic heterocycles. The Morgan fingerprint density at radius 1 is 1.13 bits per heavy atom. The van der Waals surface area contributed by atoms with Crippen LogP contribution in [0.3, 0.4) is 0 Å². The van der Waals surface area contributed by atoms with Gasteiger partial charge in [-0.1, -0.05) is 19.9 Å². The largest absolute Gasteiger partial charge is 0.463 e. The molecule has 1 saturated heterocycles. The first-order valence-corrected chi connectivity index (χ1v) is 12.1. The minimum Gasteiger partial charge on any atom is -0.463 e. The smallest absolute Gasteiger partial charge is 0.302 e. The topological polar surface area (TPSA) is 51.7 Å². The molecule has 0 amide bonds. The van der Waals surface area contributed by atoms with Crippen LogP contribution in [-0.4, -0.2) is 23.2 Å². The van der Waals surface area contributed by atoms with E-state index in [1.165, 1.54) is 44.1 Å². The highest BCUT2D eigenvalue weighted by molar-refractivity contribution is 5.66. The Hall–Kier alpha value is -1.42. The lowest BCUT2D eigenvalue weighted by Crippen LogP contribution is -2.55. The molecule has 0 radical (unpaired) electrons. The summed E-state index contributed by atoms with van der Waals surface area (Å²) in [6.07, 6.45) is 14.2. The van der Waals surface area contributed by atoms with Crippen LogP contribution in [0.5, 0.6) is 0 Å². The molecule has 162 valence electrons. The van der Waals surface area contributed by atoms with Crippen LogP contribution in [0.2, 0.25) is 0 Å². The molecule has 9 atom stereocenters. The average Bonchev–Trinajstić information content (AvgIpc) is 3.40. The number of epoxide rings is 1. The first-order valence-electron chi connectivity index (χ1n) is 12.1. The first-order chi connectivity index (χ1) is 14.4. The quantitative estimate of drug-likeness (QED) is 0.494. The molecule has 4 aliphatic carbocycles. The van der Waals surface area contributed by atoms with Gasteiger partial charge in [-0.3, -0.25) is 9.78 Å². The fraction of sp³-hybridized carbons (Fsp3) is 0.769. The van der Waals surface area contributed by atoms with Crippen molar-refractivity contribution in [3.63, 3.8) is 0 Å². The predicted molar refractivity (Wildman–Crippen MR) is 113 cm³/mol. The number of fused-ring (bicyclic) bond motifs is 7. The highest BCUT2D eigenvalue weighted by Gasteiger charge is 2.77. The molecular formula is C26H35NO3. The summed E-state index contributed by atoms with van der Waals surface area (Å²) < 4.78 is 12.1. The van der Waals surface area contributed by atoms with Gasteiger partial charge in [0.25, 0.3) is 0 Å². The van der Waals surface area contributed by atoms with Gasteiger partial charge in [0, 0.05) is 30.3 Å². The minimum atomic E-state index is -0.114. The van der Waals surface area contributed by atoms with E-state index in [1.54, 1.807) is 6.92 Å². The number of carbonyl (C=O) groups is 1. The van der Waals surface area contributed by atoms with Gasteiger partial charge in [-0.05, 0) is 86.5 Å². The Bertz CT molecular complexity index is 857. The number of nitrogens with zero attached hydrogens (tertiary/aromatic N) is 1. The van der Waals surface area contributed by atoms with E-state index in [-0.39, 0.29) is 23.1 Å². The Morgan fingerprint density at radius 3 is 2.77 bits per heavy atom. The number of esters is 1. The van der Waals surface area contributed by atoms with E-state index in [0.717, 1.165) is 30.6 Å². The van der Waals surface area contributed by atoms with Crippen LogP contribution in [0.15, 0.2) is 24.5 Å². The van der Waals surface area contributed by atoms with Gasteiger partial charge in [-0.15, -0.1) is 0 Å². The SMILES string of the molecule is CC(=O)O[C@H]1CC[C@@]2(C)[C@@H](CC[C@@H]3[C@@H]2CC[C@@]2(C)[C@H]3C[C@H]3O[C@]32c2cccnc2)C1. The van der Waals surface area contributed by atoms with Crippen LogP contribution >= 0.6 is 0 Å². The van der Waals surface area contributed by atoms with Crippen LogP contribution in [-0.2, 0) is 19.9 Å². The predicted octanol–water partition coefficient (Wildman–Crippen LogP) is 5.26. The third-order valence-corrected chi connectivity index (χ3v) is 10.5. The normalized spacial score (nSPS) is 51.2. The maximum atomic E-state index is 11.5. The van der Waals surface area contributed by atoms with E-state index >= 15 is 0 Å². The molecule has 0 aromatic carbocycles. The van der Waals surface area contributed by atoms with E-state index in [4.69, 9.17) is 9.47 Å². The van der Waals surface area contributed by atoms with Crippen LogP contribution in [0.1, 0.15) is 77.7 Å². The Balaban J connectivity index is 1.27. The first kappa shape index (κ1) is 19.3. The molecule has 6 rings (SSSR count). The van der Waals surface area contributed by atoms with Gasteiger partial charge < -0.3 is 9.47 Å². The Morgan fingerprint density at radius 2 is 2.00 bits per heavy atom. The lowest BCUT2D eigenvalue weighted by Gasteiger charge is -2.61. The molecule has 1 aromatic rings. The summed E-state index contributed by atoms with van der Waals surface area (Å²) in [7, 11) is 0. The molecule has 30 heavy (non-hydrogen) atoms. The van der Waals surface area contributed by atoms with Gasteiger partial charge in [-0.2, -0.15) is 0 Å². The third-order valence-electron chi connectivity index (χ3n) is 10.5. The number of carbonyl (C=O) groups excluding carboxylic acids is 1. The van der Waals surface area contributed by atoms with Crippen molar-refractivity contribution < 1.29 is 14.3 Å². The Kier molecular flexibility index (Phi) is 4.05. The molecule has 1 aliphatic heterocycles. The molecule has 0 unspecified atom stereocenters. The van der Waals surface area contributed by atoms with Crippen LogP contribution in [0.25, 0.3) is 0 Å². The maximum Gasteiger partial charge on any atom is 0.302 e. The van der Waals surface area contributed by atoms with Gasteiger partial charge in [0.05, 0.1) is 6.10 Å². The summed E-state index contributed by atoms with van der Waals surface area (Å²) >= 11 is 0. The van der Waals surface area contributed by atoms with Crippen molar-refractivity contribution in [3.05, 3.63) is 30.1 Å². The zero-order valence-corrected chi connectivity index (χ0v) is 18.6. The zero-order chi connectivity index (χ0) is 20.7. The van der Waals surface area contributed by atoms with Crippen LogP contribution < -0.4 is 0 Å². The van der Waals surface area contributed by atoms with E-state index < -0.39 is 0 Å². The second kappa shape index (κ2) is 6.31. The van der Waals surface area contributed by atoms with Crippen LogP contribution in [0, 0.1) is 34.5 Å². The van der Waals surface area contributed by atoms with E-state index in [9.17, 15) is 4.79 Å². The molecular weight excluding hydrogens is 374 g/mol. The van der Waals surface area contributed by atoms with Crippen molar-refractivity contribution in [2.75, 3.05) is 0 Å². The molecule has 4 nitrogen and oxygen atoms in total. The van der Waals surface area contributed by atoms with Gasteiger partial charge in [-0.25, -0.2) is 0 Å². The minimum absolute atomic E-state index is 0.0817. The van der Waals surface area contributed by atoms with Crippen molar-refractivity contribution in [2.45, 2.75) is 89.9 Å². The molecule has 4 saturated carbocycles. The van der Waals surface area contributed by atoms with Gasteiger partial charge in [0.2, 0.25) is 0 Å². The fourth-order valence-electron chi connectivity index (χ4n) is 9.08. The van der Waals surface area contributed by atoms with E-state index in [2.05, 4.69) is 31.0 Å². The fourth-order valence-corrected chi connectivity index (χ4v) is 9.08. The summed E-state index contributed by atoms with van der Waals surface area (Å²) in [5, 5.41) is 0. The zero-order valence-electron chi connectivity index (χ0n) is 18.6. The van der Waals surface area contributed by atoms with Crippen LogP contribution in [0.4, 0.5) is 0 Å². The van der Waals surface area contributed by atoms with Crippen molar-refractivity contribution in [1.29, 1.82) is 0 Å². The van der Waals surface area contributed by atoms with Gasteiger partial charge in [0.1, 0.15) is 11.7 Å². The molecule has 0 N–H and O–H groups in total. The summed E-state index contributed by atoms with van der Waals surface area (Å²) in [5.41, 5.74) is 1.87. The molecule has 4 heteroatoms. The molecule has 2 heterocycles. The van der Waals surface area contributed by atoms with Gasteiger partial charge >= 0.3 is 5.97 Å².